The largest absolute Gasteiger partial charge is 0.367 e. The topological polar surface area (TPSA) is 54.7 Å². The Balaban J connectivity index is 0.00000280. The van der Waals surface area contributed by atoms with Crippen LogP contribution in [0, 0.1) is 5.82 Å². The smallest absolute Gasteiger partial charge is 0.194 e. The predicted molar refractivity (Wildman–Crippen MR) is 119 cm³/mol. The van der Waals surface area contributed by atoms with Gasteiger partial charge < -0.3 is 19.5 Å². The molecule has 154 valence electrons. The SMILES string of the molecule is CCNC(=NCCCn1ccnc1)N1CC(C)OC(c2ccc(F)cc2)C1.I. The number of ether oxygens (including phenoxy) is 1. The van der Waals surface area contributed by atoms with E-state index in [0.717, 1.165) is 44.1 Å². The lowest BCUT2D eigenvalue weighted by Crippen LogP contribution is -2.50. The molecule has 2 atom stereocenters. The van der Waals surface area contributed by atoms with Gasteiger partial charge in [0, 0.05) is 38.6 Å². The fourth-order valence-electron chi connectivity index (χ4n) is 3.27. The molecule has 0 bridgehead atoms. The van der Waals surface area contributed by atoms with E-state index >= 15 is 0 Å². The molecule has 2 heterocycles. The Morgan fingerprint density at radius 1 is 1.32 bits per heavy atom. The number of guanidine groups is 1. The van der Waals surface area contributed by atoms with Crippen LogP contribution in [0.25, 0.3) is 0 Å². The van der Waals surface area contributed by atoms with Crippen LogP contribution in [-0.2, 0) is 11.3 Å². The van der Waals surface area contributed by atoms with E-state index in [1.54, 1.807) is 18.3 Å². The normalized spacial score (nSPS) is 20.0. The van der Waals surface area contributed by atoms with Crippen LogP contribution in [0.2, 0.25) is 0 Å². The van der Waals surface area contributed by atoms with E-state index in [2.05, 4.69) is 33.6 Å². The van der Waals surface area contributed by atoms with Gasteiger partial charge in [-0.2, -0.15) is 0 Å². The van der Waals surface area contributed by atoms with E-state index in [1.807, 2.05) is 12.5 Å². The van der Waals surface area contributed by atoms with Gasteiger partial charge in [-0.05, 0) is 38.0 Å². The van der Waals surface area contributed by atoms with Crippen LogP contribution < -0.4 is 5.32 Å². The summed E-state index contributed by atoms with van der Waals surface area (Å²) < 4.78 is 21.4. The van der Waals surface area contributed by atoms with Crippen molar-refractivity contribution in [1.29, 1.82) is 0 Å². The number of nitrogens with one attached hydrogen (secondary N) is 1. The third-order valence-electron chi connectivity index (χ3n) is 4.53. The first-order valence-electron chi connectivity index (χ1n) is 9.55. The van der Waals surface area contributed by atoms with E-state index in [1.165, 1.54) is 12.1 Å². The Hall–Kier alpha value is -1.68. The molecule has 2 aromatic rings. The number of imidazole rings is 1. The van der Waals surface area contributed by atoms with Crippen molar-refractivity contribution in [1.82, 2.24) is 19.8 Å². The summed E-state index contributed by atoms with van der Waals surface area (Å²) in [7, 11) is 0. The number of aromatic nitrogens is 2. The molecule has 1 saturated heterocycles. The maximum absolute atomic E-state index is 13.2. The van der Waals surface area contributed by atoms with Gasteiger partial charge in [-0.1, -0.05) is 12.1 Å². The first-order valence-corrected chi connectivity index (χ1v) is 9.55. The van der Waals surface area contributed by atoms with Crippen LogP contribution in [0.1, 0.15) is 31.9 Å². The zero-order chi connectivity index (χ0) is 19.1. The summed E-state index contributed by atoms with van der Waals surface area (Å²) in [5, 5.41) is 3.39. The quantitative estimate of drug-likeness (QED) is 0.285. The Kier molecular flexibility index (Phi) is 9.17. The number of hydrogen-bond acceptors (Lipinski definition) is 3. The molecule has 0 saturated carbocycles. The molecular formula is C20H29FIN5O. The van der Waals surface area contributed by atoms with Crippen molar-refractivity contribution >= 4 is 29.9 Å². The molecule has 0 aliphatic carbocycles. The molecule has 1 fully saturated rings. The molecule has 0 radical (unpaired) electrons. The van der Waals surface area contributed by atoms with Gasteiger partial charge in [0.25, 0.3) is 0 Å². The number of halogens is 2. The minimum absolute atomic E-state index is 0. The van der Waals surface area contributed by atoms with Gasteiger partial charge in [-0.3, -0.25) is 4.99 Å². The standard InChI is InChI=1S/C20H28FN5O.HI/c1-3-23-20(24-9-4-11-25-12-10-22-15-25)26-13-16(2)27-19(14-26)17-5-7-18(21)8-6-17;/h5-8,10,12,15-16,19H,3-4,9,11,13-14H2,1-2H3,(H,23,24);1H. The van der Waals surface area contributed by atoms with Crippen LogP contribution >= 0.6 is 24.0 Å². The zero-order valence-corrected chi connectivity index (χ0v) is 18.8. The highest BCUT2D eigenvalue weighted by Crippen LogP contribution is 2.25. The number of rotatable bonds is 6. The molecule has 1 aromatic carbocycles. The van der Waals surface area contributed by atoms with Crippen LogP contribution in [0.3, 0.4) is 0 Å². The lowest BCUT2D eigenvalue weighted by atomic mass is 10.1. The summed E-state index contributed by atoms with van der Waals surface area (Å²) in [5.41, 5.74) is 0.990. The summed E-state index contributed by atoms with van der Waals surface area (Å²) >= 11 is 0. The molecule has 28 heavy (non-hydrogen) atoms. The Bertz CT molecular complexity index is 723. The molecule has 0 spiro atoms. The lowest BCUT2D eigenvalue weighted by Gasteiger charge is -2.38. The fourth-order valence-corrected chi connectivity index (χ4v) is 3.27. The molecule has 3 rings (SSSR count). The van der Waals surface area contributed by atoms with Gasteiger partial charge in [0.1, 0.15) is 11.9 Å². The molecule has 0 amide bonds. The number of benzene rings is 1. The van der Waals surface area contributed by atoms with E-state index in [4.69, 9.17) is 9.73 Å². The number of hydrogen-bond donors (Lipinski definition) is 1. The molecule has 8 heteroatoms. The van der Waals surface area contributed by atoms with Crippen molar-refractivity contribution in [2.24, 2.45) is 4.99 Å². The predicted octanol–water partition coefficient (Wildman–Crippen LogP) is 3.46. The first-order chi connectivity index (χ1) is 13.2. The van der Waals surface area contributed by atoms with Crippen LogP contribution in [0.5, 0.6) is 0 Å². The molecule has 1 N–H and O–H groups in total. The Morgan fingerprint density at radius 3 is 2.79 bits per heavy atom. The van der Waals surface area contributed by atoms with Crippen molar-refractivity contribution in [2.45, 2.75) is 39.0 Å². The fraction of sp³-hybridized carbons (Fsp3) is 0.500. The highest BCUT2D eigenvalue weighted by molar-refractivity contribution is 14.0. The monoisotopic (exact) mass is 501 g/mol. The summed E-state index contributed by atoms with van der Waals surface area (Å²) in [4.78, 5) is 11.1. The van der Waals surface area contributed by atoms with Gasteiger partial charge >= 0.3 is 0 Å². The average Bonchev–Trinajstić information content (AvgIpc) is 3.18. The van der Waals surface area contributed by atoms with Crippen molar-refractivity contribution in [3.63, 3.8) is 0 Å². The molecule has 1 aliphatic rings. The lowest BCUT2D eigenvalue weighted by molar-refractivity contribution is -0.0605. The molecule has 6 nitrogen and oxygen atoms in total. The molecular weight excluding hydrogens is 472 g/mol. The van der Waals surface area contributed by atoms with Gasteiger partial charge in [0.2, 0.25) is 0 Å². The van der Waals surface area contributed by atoms with Gasteiger partial charge in [-0.25, -0.2) is 9.37 Å². The van der Waals surface area contributed by atoms with Crippen molar-refractivity contribution in [3.8, 4) is 0 Å². The van der Waals surface area contributed by atoms with Crippen LogP contribution in [0.15, 0.2) is 48.0 Å². The maximum Gasteiger partial charge on any atom is 0.194 e. The van der Waals surface area contributed by atoms with Crippen molar-refractivity contribution in [2.75, 3.05) is 26.2 Å². The second-order valence-electron chi connectivity index (χ2n) is 6.78. The number of aryl methyl sites for hydroxylation is 1. The van der Waals surface area contributed by atoms with E-state index in [0.29, 0.717) is 6.54 Å². The number of aliphatic imine (C=N–C) groups is 1. The molecule has 1 aliphatic heterocycles. The first kappa shape index (κ1) is 22.6. The maximum atomic E-state index is 13.2. The van der Waals surface area contributed by atoms with E-state index in [-0.39, 0.29) is 42.0 Å². The van der Waals surface area contributed by atoms with Gasteiger partial charge in [0.15, 0.2) is 5.96 Å². The highest BCUT2D eigenvalue weighted by atomic mass is 127. The molecule has 2 unspecified atom stereocenters. The van der Waals surface area contributed by atoms with Gasteiger partial charge in [-0.15, -0.1) is 24.0 Å². The van der Waals surface area contributed by atoms with Crippen molar-refractivity contribution < 1.29 is 9.13 Å². The summed E-state index contributed by atoms with van der Waals surface area (Å²) in [5.74, 6) is 0.678. The van der Waals surface area contributed by atoms with E-state index in [9.17, 15) is 4.39 Å². The minimum Gasteiger partial charge on any atom is -0.367 e. The Labute approximate surface area is 183 Å². The van der Waals surface area contributed by atoms with Gasteiger partial charge in [0.05, 0.1) is 19.0 Å². The second-order valence-corrected chi connectivity index (χ2v) is 6.78. The van der Waals surface area contributed by atoms with Crippen molar-refractivity contribution in [3.05, 3.63) is 54.4 Å². The Morgan fingerprint density at radius 2 is 2.11 bits per heavy atom. The zero-order valence-electron chi connectivity index (χ0n) is 16.4. The van der Waals surface area contributed by atoms with Crippen LogP contribution in [-0.4, -0.2) is 52.7 Å². The second kappa shape index (κ2) is 11.4. The highest BCUT2D eigenvalue weighted by Gasteiger charge is 2.28. The summed E-state index contributed by atoms with van der Waals surface area (Å²) in [6.45, 7) is 8.07. The number of morpholine rings is 1. The average molecular weight is 501 g/mol. The third-order valence-corrected chi connectivity index (χ3v) is 4.53. The van der Waals surface area contributed by atoms with Crippen LogP contribution in [0.4, 0.5) is 4.39 Å². The minimum atomic E-state index is -0.229. The summed E-state index contributed by atoms with van der Waals surface area (Å²) in [6.07, 6.45) is 6.51. The summed E-state index contributed by atoms with van der Waals surface area (Å²) in [6, 6.07) is 6.56. The number of nitrogens with zero attached hydrogens (tertiary/aromatic N) is 4. The molecule has 1 aromatic heterocycles. The van der Waals surface area contributed by atoms with E-state index < -0.39 is 0 Å². The third kappa shape index (κ3) is 6.44.